The van der Waals surface area contributed by atoms with Crippen LogP contribution >= 0.6 is 0 Å². The van der Waals surface area contributed by atoms with E-state index in [2.05, 4.69) is 216 Å². The van der Waals surface area contributed by atoms with Gasteiger partial charge in [0.25, 0.3) is 0 Å². The number of hydrogen-bond donors (Lipinski definition) is 0. The van der Waals surface area contributed by atoms with Crippen molar-refractivity contribution < 1.29 is 4.42 Å². The average molecular weight is 729 g/mol. The molecule has 0 aliphatic rings. The number of anilines is 3. The fourth-order valence-electron chi connectivity index (χ4n) is 8.72. The van der Waals surface area contributed by atoms with Crippen LogP contribution < -0.4 is 4.90 Å². The number of benzene rings is 9. The number of fused-ring (bicyclic) bond motifs is 6. The molecule has 268 valence electrons. The minimum atomic E-state index is 0.870. The highest BCUT2D eigenvalue weighted by Crippen LogP contribution is 2.47. The highest BCUT2D eigenvalue weighted by molar-refractivity contribution is 6.19. The fourth-order valence-corrected chi connectivity index (χ4v) is 8.72. The van der Waals surface area contributed by atoms with Crippen LogP contribution in [0.4, 0.5) is 17.1 Å². The lowest BCUT2D eigenvalue weighted by molar-refractivity contribution is 0.669. The van der Waals surface area contributed by atoms with Gasteiger partial charge in [-0.15, -0.1) is 0 Å². The Kier molecular flexibility index (Phi) is 7.82. The second kappa shape index (κ2) is 13.6. The zero-order valence-corrected chi connectivity index (χ0v) is 31.1. The number of rotatable bonds is 7. The summed E-state index contributed by atoms with van der Waals surface area (Å²) in [6.07, 6.45) is 0. The van der Waals surface area contributed by atoms with E-state index in [1.54, 1.807) is 0 Å². The molecule has 0 spiro atoms. The lowest BCUT2D eigenvalue weighted by Crippen LogP contribution is -2.11. The van der Waals surface area contributed by atoms with Crippen LogP contribution in [0.1, 0.15) is 0 Å². The summed E-state index contributed by atoms with van der Waals surface area (Å²) < 4.78 is 8.81. The lowest BCUT2D eigenvalue weighted by Gasteiger charge is -2.28. The van der Waals surface area contributed by atoms with Gasteiger partial charge in [-0.05, 0) is 76.9 Å². The first-order chi connectivity index (χ1) is 28.3. The molecule has 0 aliphatic heterocycles. The second-order valence-electron chi connectivity index (χ2n) is 14.5. The van der Waals surface area contributed by atoms with E-state index in [0.29, 0.717) is 0 Å². The van der Waals surface area contributed by atoms with Crippen molar-refractivity contribution in [3.05, 3.63) is 218 Å². The first kappa shape index (κ1) is 32.8. The Bertz CT molecular complexity index is 3220. The van der Waals surface area contributed by atoms with Gasteiger partial charge in [0, 0.05) is 38.7 Å². The molecular formula is C54H36N2O. The van der Waals surface area contributed by atoms with E-state index in [-0.39, 0.29) is 0 Å². The molecule has 0 saturated heterocycles. The van der Waals surface area contributed by atoms with Gasteiger partial charge in [0.2, 0.25) is 0 Å². The van der Waals surface area contributed by atoms with Gasteiger partial charge in [0.05, 0.1) is 27.8 Å². The molecule has 2 aromatic heterocycles. The summed E-state index contributed by atoms with van der Waals surface area (Å²) in [7, 11) is 0. The summed E-state index contributed by atoms with van der Waals surface area (Å²) in [6.45, 7) is 0. The van der Waals surface area contributed by atoms with Crippen molar-refractivity contribution in [1.29, 1.82) is 0 Å². The summed E-state index contributed by atoms with van der Waals surface area (Å²) in [5.74, 6) is 0. The highest BCUT2D eigenvalue weighted by Gasteiger charge is 2.23. The summed E-state index contributed by atoms with van der Waals surface area (Å²) in [6, 6.07) is 78.0. The SMILES string of the molecule is c1ccc(-c2cccc3c2c2cccc(-c4ccc(-c5ccccc5N(c5ccccc5)c5cccc6oc7ccccc7c56)cc4)c2n3-c2ccccc2)cc1. The molecule has 9 aromatic carbocycles. The van der Waals surface area contributed by atoms with Gasteiger partial charge in [-0.25, -0.2) is 0 Å². The van der Waals surface area contributed by atoms with Crippen molar-refractivity contribution in [3.63, 3.8) is 0 Å². The number of hydrogen-bond acceptors (Lipinski definition) is 2. The predicted octanol–water partition coefficient (Wildman–Crippen LogP) is 15.2. The van der Waals surface area contributed by atoms with Crippen LogP contribution in [0, 0.1) is 0 Å². The first-order valence-electron chi connectivity index (χ1n) is 19.4. The quantitative estimate of drug-likeness (QED) is 0.163. The maximum atomic E-state index is 6.37. The molecule has 3 nitrogen and oxygen atoms in total. The Hall–Kier alpha value is -7.62. The fraction of sp³-hybridized carbons (Fsp3) is 0. The molecule has 0 amide bonds. The molecule has 0 saturated carbocycles. The Morgan fingerprint density at radius 3 is 1.70 bits per heavy atom. The summed E-state index contributed by atoms with van der Waals surface area (Å²) in [5, 5.41) is 4.69. The van der Waals surface area contributed by atoms with Crippen molar-refractivity contribution >= 4 is 60.8 Å². The van der Waals surface area contributed by atoms with Crippen molar-refractivity contribution in [3.8, 4) is 39.1 Å². The maximum Gasteiger partial charge on any atom is 0.137 e. The molecule has 0 aliphatic carbocycles. The predicted molar refractivity (Wildman–Crippen MR) is 239 cm³/mol. The van der Waals surface area contributed by atoms with Gasteiger partial charge in [-0.2, -0.15) is 0 Å². The third-order valence-electron chi connectivity index (χ3n) is 11.2. The molecule has 0 bridgehead atoms. The lowest BCUT2D eigenvalue weighted by atomic mass is 9.95. The second-order valence-corrected chi connectivity index (χ2v) is 14.5. The summed E-state index contributed by atoms with van der Waals surface area (Å²) in [4.78, 5) is 2.37. The minimum Gasteiger partial charge on any atom is -0.456 e. The average Bonchev–Trinajstić information content (AvgIpc) is 3.84. The Morgan fingerprint density at radius 1 is 0.351 bits per heavy atom. The zero-order valence-electron chi connectivity index (χ0n) is 31.1. The van der Waals surface area contributed by atoms with Gasteiger partial charge in [0.15, 0.2) is 0 Å². The van der Waals surface area contributed by atoms with Crippen LogP contribution in [0.15, 0.2) is 223 Å². The molecule has 11 aromatic rings. The van der Waals surface area contributed by atoms with Crippen LogP contribution in [0.3, 0.4) is 0 Å². The van der Waals surface area contributed by atoms with Crippen LogP contribution in [-0.4, -0.2) is 4.57 Å². The number of para-hydroxylation sites is 5. The van der Waals surface area contributed by atoms with E-state index in [9.17, 15) is 0 Å². The third-order valence-corrected chi connectivity index (χ3v) is 11.2. The smallest absolute Gasteiger partial charge is 0.137 e. The number of nitrogens with zero attached hydrogens (tertiary/aromatic N) is 2. The number of furan rings is 1. The monoisotopic (exact) mass is 728 g/mol. The molecule has 11 rings (SSSR count). The molecular weight excluding hydrogens is 693 g/mol. The van der Waals surface area contributed by atoms with Gasteiger partial charge >= 0.3 is 0 Å². The largest absolute Gasteiger partial charge is 0.456 e. The van der Waals surface area contributed by atoms with Crippen molar-refractivity contribution in [2.24, 2.45) is 0 Å². The molecule has 3 heteroatoms. The molecule has 0 atom stereocenters. The molecule has 2 heterocycles. The van der Waals surface area contributed by atoms with Crippen LogP contribution in [-0.2, 0) is 0 Å². The van der Waals surface area contributed by atoms with E-state index < -0.39 is 0 Å². The topological polar surface area (TPSA) is 21.3 Å². The summed E-state index contributed by atoms with van der Waals surface area (Å²) >= 11 is 0. The van der Waals surface area contributed by atoms with E-state index >= 15 is 0 Å². The standard InChI is InChI=1S/C54H36N2O/c1-4-17-37(18-5-1)43-25-15-29-48-52(43)46-27-14-26-44(54(46)56(48)41-21-8-3-9-22-41)39-35-33-38(34-36-39)42-23-10-12-28-47(42)55(40-19-6-2-7-20-40)49-30-16-32-51-53(49)45-24-11-13-31-50(45)57-51/h1-36H. The van der Waals surface area contributed by atoms with E-state index in [1.807, 2.05) is 12.1 Å². The van der Waals surface area contributed by atoms with Gasteiger partial charge in [0.1, 0.15) is 11.2 Å². The highest BCUT2D eigenvalue weighted by atomic mass is 16.3. The molecule has 0 radical (unpaired) electrons. The van der Waals surface area contributed by atoms with Gasteiger partial charge in [-0.3, -0.25) is 0 Å². The third kappa shape index (κ3) is 5.43. The molecule has 0 fully saturated rings. The zero-order chi connectivity index (χ0) is 37.7. The van der Waals surface area contributed by atoms with Crippen LogP contribution in [0.2, 0.25) is 0 Å². The molecule has 0 unspecified atom stereocenters. The van der Waals surface area contributed by atoms with Gasteiger partial charge in [-0.1, -0.05) is 164 Å². The Morgan fingerprint density at radius 2 is 0.895 bits per heavy atom. The normalized spacial score (nSPS) is 11.5. The van der Waals surface area contributed by atoms with Crippen molar-refractivity contribution in [2.75, 3.05) is 4.90 Å². The molecule has 0 N–H and O–H groups in total. The maximum absolute atomic E-state index is 6.37. The Balaban J connectivity index is 1.09. The van der Waals surface area contributed by atoms with E-state index in [4.69, 9.17) is 4.42 Å². The molecule has 57 heavy (non-hydrogen) atoms. The van der Waals surface area contributed by atoms with E-state index in [1.165, 1.54) is 38.5 Å². The van der Waals surface area contributed by atoms with Crippen LogP contribution in [0.5, 0.6) is 0 Å². The van der Waals surface area contributed by atoms with Crippen LogP contribution in [0.25, 0.3) is 82.8 Å². The summed E-state index contributed by atoms with van der Waals surface area (Å²) in [5.41, 5.74) is 15.6. The number of aromatic nitrogens is 1. The Labute approximate surface area is 330 Å². The van der Waals surface area contributed by atoms with E-state index in [0.717, 1.165) is 61.4 Å². The van der Waals surface area contributed by atoms with Crippen molar-refractivity contribution in [2.45, 2.75) is 0 Å². The minimum absolute atomic E-state index is 0.870. The first-order valence-corrected chi connectivity index (χ1v) is 19.4. The van der Waals surface area contributed by atoms with Gasteiger partial charge < -0.3 is 13.9 Å². The van der Waals surface area contributed by atoms with Crippen molar-refractivity contribution in [1.82, 2.24) is 4.57 Å².